The summed E-state index contributed by atoms with van der Waals surface area (Å²) in [5, 5.41) is 3.56. The topological polar surface area (TPSA) is 24.5 Å². The zero-order chi connectivity index (χ0) is 15.3. The Morgan fingerprint density at radius 3 is 2.81 bits per heavy atom. The van der Waals surface area contributed by atoms with E-state index in [1.807, 2.05) is 7.11 Å². The lowest BCUT2D eigenvalue weighted by molar-refractivity contribution is -0.00468. The van der Waals surface area contributed by atoms with E-state index >= 15 is 0 Å². The van der Waals surface area contributed by atoms with E-state index in [2.05, 4.69) is 55.3 Å². The van der Waals surface area contributed by atoms with E-state index in [4.69, 9.17) is 4.74 Å². The molecule has 1 unspecified atom stereocenters. The van der Waals surface area contributed by atoms with E-state index in [0.29, 0.717) is 5.92 Å². The summed E-state index contributed by atoms with van der Waals surface area (Å²) in [5.41, 5.74) is 2.73. The second-order valence-electron chi connectivity index (χ2n) is 6.83. The third kappa shape index (κ3) is 4.45. The number of piperidine rings is 1. The minimum absolute atomic E-state index is 0.0171. The maximum Gasteiger partial charge on any atom is 0.0825 e. The fourth-order valence-corrected chi connectivity index (χ4v) is 3.04. The molecule has 1 aliphatic heterocycles. The summed E-state index contributed by atoms with van der Waals surface area (Å²) in [5.74, 6) is 0.684. The first kappa shape index (κ1) is 16.3. The highest BCUT2D eigenvalue weighted by Crippen LogP contribution is 2.30. The van der Waals surface area contributed by atoms with Gasteiger partial charge in [0.2, 0.25) is 0 Å². The summed E-state index contributed by atoms with van der Waals surface area (Å²) in [6.07, 6.45) is 2.34. The van der Waals surface area contributed by atoms with Crippen molar-refractivity contribution >= 4 is 5.69 Å². The van der Waals surface area contributed by atoms with Crippen LogP contribution in [0.3, 0.4) is 0 Å². The maximum atomic E-state index is 5.73. The van der Waals surface area contributed by atoms with Crippen LogP contribution in [0, 0.1) is 5.92 Å². The number of rotatable bonds is 6. The van der Waals surface area contributed by atoms with Crippen LogP contribution < -0.4 is 10.2 Å². The molecular formula is C18H30N2O. The second-order valence-corrected chi connectivity index (χ2v) is 6.83. The number of methoxy groups -OCH3 is 1. The van der Waals surface area contributed by atoms with Crippen LogP contribution in [0.5, 0.6) is 0 Å². The van der Waals surface area contributed by atoms with Crippen molar-refractivity contribution < 1.29 is 4.74 Å². The lowest BCUT2D eigenvalue weighted by Gasteiger charge is -2.41. The molecule has 0 aliphatic carbocycles. The first-order chi connectivity index (χ1) is 10.0. The summed E-state index contributed by atoms with van der Waals surface area (Å²) in [6.45, 7) is 10.8. The highest BCUT2D eigenvalue weighted by Gasteiger charge is 2.31. The Kier molecular flexibility index (Phi) is 5.65. The predicted octanol–water partition coefficient (Wildman–Crippen LogP) is 3.44. The molecule has 1 saturated heterocycles. The Morgan fingerprint density at radius 1 is 1.33 bits per heavy atom. The van der Waals surface area contributed by atoms with Gasteiger partial charge >= 0.3 is 0 Å². The van der Waals surface area contributed by atoms with Crippen molar-refractivity contribution in [3.8, 4) is 0 Å². The van der Waals surface area contributed by atoms with Gasteiger partial charge in [0, 0.05) is 32.4 Å². The molecule has 3 nitrogen and oxygen atoms in total. The monoisotopic (exact) mass is 290 g/mol. The normalized spacial score (nSPS) is 22.8. The molecule has 0 saturated carbocycles. The first-order valence-corrected chi connectivity index (χ1v) is 8.13. The lowest BCUT2D eigenvalue weighted by atomic mass is 9.94. The molecule has 118 valence electrons. The number of anilines is 1. The molecule has 0 spiro atoms. The molecule has 0 radical (unpaired) electrons. The van der Waals surface area contributed by atoms with Crippen LogP contribution >= 0.6 is 0 Å². The molecule has 0 amide bonds. The Bertz CT molecular complexity index is 447. The first-order valence-electron chi connectivity index (χ1n) is 8.13. The van der Waals surface area contributed by atoms with E-state index in [-0.39, 0.29) is 5.60 Å². The van der Waals surface area contributed by atoms with Crippen molar-refractivity contribution in [2.45, 2.75) is 45.8 Å². The van der Waals surface area contributed by atoms with Gasteiger partial charge in [-0.15, -0.1) is 0 Å². The molecule has 2 rings (SSSR count). The summed E-state index contributed by atoms with van der Waals surface area (Å²) >= 11 is 0. The lowest BCUT2D eigenvalue weighted by Crippen LogP contribution is -2.47. The van der Waals surface area contributed by atoms with Gasteiger partial charge in [-0.05, 0) is 43.9 Å². The molecule has 1 aromatic carbocycles. The molecule has 1 fully saturated rings. The minimum atomic E-state index is -0.0171. The third-order valence-electron chi connectivity index (χ3n) is 4.35. The van der Waals surface area contributed by atoms with Crippen LogP contribution in [0.15, 0.2) is 24.3 Å². The summed E-state index contributed by atoms with van der Waals surface area (Å²) in [4.78, 5) is 2.49. The quantitative estimate of drug-likeness (QED) is 0.868. The predicted molar refractivity (Wildman–Crippen MR) is 89.8 cm³/mol. The number of nitrogens with one attached hydrogen (secondary N) is 1. The van der Waals surface area contributed by atoms with E-state index in [9.17, 15) is 0 Å². The van der Waals surface area contributed by atoms with Gasteiger partial charge in [0.15, 0.2) is 0 Å². The Labute approximate surface area is 129 Å². The molecule has 1 N–H and O–H groups in total. The number of benzene rings is 1. The van der Waals surface area contributed by atoms with E-state index in [0.717, 1.165) is 32.6 Å². The van der Waals surface area contributed by atoms with Crippen molar-refractivity contribution in [2.24, 2.45) is 5.92 Å². The zero-order valence-corrected chi connectivity index (χ0v) is 14.0. The van der Waals surface area contributed by atoms with Gasteiger partial charge in [0.1, 0.15) is 0 Å². The molecule has 3 heteroatoms. The van der Waals surface area contributed by atoms with E-state index < -0.39 is 0 Å². The summed E-state index contributed by atoms with van der Waals surface area (Å²) in [6, 6.07) is 8.75. The highest BCUT2D eigenvalue weighted by molar-refractivity contribution is 5.54. The van der Waals surface area contributed by atoms with E-state index in [1.54, 1.807) is 0 Å². The van der Waals surface area contributed by atoms with Crippen molar-refractivity contribution in [1.29, 1.82) is 0 Å². The van der Waals surface area contributed by atoms with Gasteiger partial charge in [0.25, 0.3) is 0 Å². The van der Waals surface area contributed by atoms with Gasteiger partial charge in [-0.1, -0.05) is 32.0 Å². The largest absolute Gasteiger partial charge is 0.377 e. The Morgan fingerprint density at radius 2 is 2.10 bits per heavy atom. The van der Waals surface area contributed by atoms with Crippen LogP contribution in [0.1, 0.15) is 39.2 Å². The van der Waals surface area contributed by atoms with Crippen molar-refractivity contribution in [3.05, 3.63) is 29.8 Å². The van der Waals surface area contributed by atoms with Crippen LogP contribution in [-0.2, 0) is 11.3 Å². The van der Waals surface area contributed by atoms with Crippen LogP contribution in [-0.4, -0.2) is 32.3 Å². The molecular weight excluding hydrogens is 260 g/mol. The van der Waals surface area contributed by atoms with Crippen LogP contribution in [0.4, 0.5) is 5.69 Å². The average molecular weight is 290 g/mol. The molecule has 0 bridgehead atoms. The van der Waals surface area contributed by atoms with Crippen molar-refractivity contribution in [3.63, 3.8) is 0 Å². The summed E-state index contributed by atoms with van der Waals surface area (Å²) < 4.78 is 5.73. The SMILES string of the molecule is COC1(C)CCCN(c2ccccc2CNCC(C)C)C1. The standard InChI is InChI=1S/C18H30N2O/c1-15(2)12-19-13-16-8-5-6-9-17(16)20-11-7-10-18(3,14-20)21-4/h5-6,8-9,15,19H,7,10-14H2,1-4H3. The maximum absolute atomic E-state index is 5.73. The molecule has 0 aromatic heterocycles. The number of hydrogen-bond donors (Lipinski definition) is 1. The van der Waals surface area contributed by atoms with Crippen LogP contribution in [0.2, 0.25) is 0 Å². The van der Waals surface area contributed by atoms with Gasteiger partial charge in [0.05, 0.1) is 5.60 Å². The smallest absolute Gasteiger partial charge is 0.0825 e. The van der Waals surface area contributed by atoms with E-state index in [1.165, 1.54) is 17.7 Å². The van der Waals surface area contributed by atoms with Crippen molar-refractivity contribution in [1.82, 2.24) is 5.32 Å². The van der Waals surface area contributed by atoms with Gasteiger partial charge in [-0.2, -0.15) is 0 Å². The van der Waals surface area contributed by atoms with Gasteiger partial charge < -0.3 is 15.0 Å². The number of hydrogen-bond acceptors (Lipinski definition) is 3. The number of ether oxygens (including phenoxy) is 1. The summed E-state index contributed by atoms with van der Waals surface area (Å²) in [7, 11) is 1.83. The molecule has 1 aromatic rings. The van der Waals surface area contributed by atoms with Crippen molar-refractivity contribution in [2.75, 3.05) is 31.6 Å². The van der Waals surface area contributed by atoms with Crippen LogP contribution in [0.25, 0.3) is 0 Å². The molecule has 1 aliphatic rings. The number of para-hydroxylation sites is 1. The Hall–Kier alpha value is -1.06. The fourth-order valence-electron chi connectivity index (χ4n) is 3.04. The highest BCUT2D eigenvalue weighted by atomic mass is 16.5. The second kappa shape index (κ2) is 7.28. The third-order valence-corrected chi connectivity index (χ3v) is 4.35. The zero-order valence-electron chi connectivity index (χ0n) is 14.0. The molecule has 21 heavy (non-hydrogen) atoms. The average Bonchev–Trinajstić information content (AvgIpc) is 2.47. The Balaban J connectivity index is 2.08. The molecule has 1 heterocycles. The molecule has 1 atom stereocenters. The van der Waals surface area contributed by atoms with Gasteiger partial charge in [-0.3, -0.25) is 0 Å². The fraction of sp³-hybridized carbons (Fsp3) is 0.667. The van der Waals surface area contributed by atoms with Gasteiger partial charge in [-0.25, -0.2) is 0 Å². The minimum Gasteiger partial charge on any atom is -0.377 e. The number of nitrogens with zero attached hydrogens (tertiary/aromatic N) is 1.